The summed E-state index contributed by atoms with van der Waals surface area (Å²) in [6, 6.07) is 4.07. The standard InChI is InChI=1S/C16H24N2O4/c1-13(7-3-5-11-17)21-15(19)9-10-16(20)22-14(2)8-4-6-12-18/h13-14H,3-10H2,1-2H3. The van der Waals surface area contributed by atoms with Gasteiger partial charge in [-0.15, -0.1) is 0 Å². The van der Waals surface area contributed by atoms with Crippen molar-refractivity contribution in [2.75, 3.05) is 0 Å². The van der Waals surface area contributed by atoms with Crippen LogP contribution in [0.4, 0.5) is 0 Å². The van der Waals surface area contributed by atoms with Crippen LogP contribution in [-0.2, 0) is 19.1 Å². The zero-order valence-electron chi connectivity index (χ0n) is 13.3. The van der Waals surface area contributed by atoms with Gasteiger partial charge in [0.1, 0.15) is 0 Å². The van der Waals surface area contributed by atoms with Crippen LogP contribution >= 0.6 is 0 Å². The van der Waals surface area contributed by atoms with Crippen molar-refractivity contribution in [3.8, 4) is 12.1 Å². The van der Waals surface area contributed by atoms with E-state index in [2.05, 4.69) is 0 Å². The molecule has 0 saturated heterocycles. The van der Waals surface area contributed by atoms with Gasteiger partial charge in [0.25, 0.3) is 0 Å². The second-order valence-corrected chi connectivity index (χ2v) is 5.20. The average molecular weight is 308 g/mol. The van der Waals surface area contributed by atoms with Gasteiger partial charge in [0, 0.05) is 12.8 Å². The van der Waals surface area contributed by atoms with Crippen molar-refractivity contribution in [3.05, 3.63) is 0 Å². The summed E-state index contributed by atoms with van der Waals surface area (Å²) in [5, 5.41) is 16.8. The molecule has 22 heavy (non-hydrogen) atoms. The minimum Gasteiger partial charge on any atom is -0.463 e. The Morgan fingerprint density at radius 2 is 1.23 bits per heavy atom. The number of carbonyl (C=O) groups excluding carboxylic acids is 2. The molecule has 0 aliphatic carbocycles. The molecule has 0 heterocycles. The first kappa shape index (κ1) is 19.9. The van der Waals surface area contributed by atoms with E-state index in [0.717, 1.165) is 0 Å². The van der Waals surface area contributed by atoms with E-state index < -0.39 is 11.9 Å². The molecule has 122 valence electrons. The second kappa shape index (κ2) is 12.6. The molecule has 0 fully saturated rings. The number of hydrogen-bond acceptors (Lipinski definition) is 6. The van der Waals surface area contributed by atoms with Gasteiger partial charge < -0.3 is 9.47 Å². The highest BCUT2D eigenvalue weighted by Gasteiger charge is 2.14. The Labute approximate surface area is 132 Å². The first-order valence-corrected chi connectivity index (χ1v) is 7.62. The molecule has 0 bridgehead atoms. The monoisotopic (exact) mass is 308 g/mol. The summed E-state index contributed by atoms with van der Waals surface area (Å²) in [6.45, 7) is 3.54. The molecule has 2 unspecified atom stereocenters. The minimum atomic E-state index is -0.432. The molecule has 0 saturated carbocycles. The Morgan fingerprint density at radius 1 is 0.864 bits per heavy atom. The van der Waals surface area contributed by atoms with Crippen molar-refractivity contribution in [1.29, 1.82) is 10.5 Å². The molecule has 0 aromatic carbocycles. The van der Waals surface area contributed by atoms with E-state index >= 15 is 0 Å². The number of rotatable bonds is 11. The van der Waals surface area contributed by atoms with E-state index in [0.29, 0.717) is 38.5 Å². The normalized spacial score (nSPS) is 12.5. The van der Waals surface area contributed by atoms with Crippen LogP contribution in [-0.4, -0.2) is 24.1 Å². The summed E-state index contributed by atoms with van der Waals surface area (Å²) in [5.74, 6) is -0.864. The van der Waals surface area contributed by atoms with Crippen LogP contribution in [0.15, 0.2) is 0 Å². The summed E-state index contributed by atoms with van der Waals surface area (Å²) < 4.78 is 10.3. The van der Waals surface area contributed by atoms with Gasteiger partial charge in [-0.05, 0) is 39.5 Å². The van der Waals surface area contributed by atoms with E-state index in [1.54, 1.807) is 13.8 Å². The molecule has 0 aromatic rings. The molecule has 2 atom stereocenters. The highest BCUT2D eigenvalue weighted by molar-refractivity contribution is 5.77. The molecule has 0 spiro atoms. The molecule has 0 N–H and O–H groups in total. The van der Waals surface area contributed by atoms with Crippen molar-refractivity contribution in [3.63, 3.8) is 0 Å². The van der Waals surface area contributed by atoms with Crippen molar-refractivity contribution in [2.24, 2.45) is 0 Å². The maximum absolute atomic E-state index is 11.6. The Kier molecular flexibility index (Phi) is 11.4. The van der Waals surface area contributed by atoms with Gasteiger partial charge in [-0.3, -0.25) is 9.59 Å². The van der Waals surface area contributed by atoms with Gasteiger partial charge in [0.05, 0.1) is 37.2 Å². The van der Waals surface area contributed by atoms with Crippen LogP contribution < -0.4 is 0 Å². The van der Waals surface area contributed by atoms with Gasteiger partial charge in [0.15, 0.2) is 0 Å². The Hall–Kier alpha value is -2.08. The van der Waals surface area contributed by atoms with Gasteiger partial charge >= 0.3 is 11.9 Å². The van der Waals surface area contributed by atoms with E-state index in [1.165, 1.54) is 0 Å². The van der Waals surface area contributed by atoms with Gasteiger partial charge in [-0.2, -0.15) is 10.5 Å². The molecule has 6 nitrogen and oxygen atoms in total. The summed E-state index contributed by atoms with van der Waals surface area (Å²) in [5.41, 5.74) is 0. The van der Waals surface area contributed by atoms with Crippen LogP contribution in [0.3, 0.4) is 0 Å². The molecule has 6 heteroatoms. The molecule has 0 radical (unpaired) electrons. The molecular weight excluding hydrogens is 284 g/mol. The summed E-state index contributed by atoms with van der Waals surface area (Å²) in [4.78, 5) is 23.1. The number of unbranched alkanes of at least 4 members (excludes halogenated alkanes) is 2. The molecule has 0 amide bonds. The van der Waals surface area contributed by atoms with Gasteiger partial charge in [-0.25, -0.2) is 0 Å². The number of carbonyl (C=O) groups is 2. The second-order valence-electron chi connectivity index (χ2n) is 5.20. The lowest BCUT2D eigenvalue weighted by atomic mass is 10.2. The lowest BCUT2D eigenvalue weighted by molar-refractivity contribution is -0.155. The van der Waals surface area contributed by atoms with E-state index in [1.807, 2.05) is 12.1 Å². The van der Waals surface area contributed by atoms with Crippen molar-refractivity contribution < 1.29 is 19.1 Å². The lowest BCUT2D eigenvalue weighted by Crippen LogP contribution is -2.18. The Bertz CT molecular complexity index is 383. The van der Waals surface area contributed by atoms with Crippen LogP contribution in [0.2, 0.25) is 0 Å². The Morgan fingerprint density at radius 3 is 1.55 bits per heavy atom. The largest absolute Gasteiger partial charge is 0.463 e. The van der Waals surface area contributed by atoms with Crippen molar-refractivity contribution in [2.45, 2.75) is 77.4 Å². The molecule has 0 aromatic heterocycles. The van der Waals surface area contributed by atoms with Crippen LogP contribution in [0.25, 0.3) is 0 Å². The predicted molar refractivity (Wildman–Crippen MR) is 79.3 cm³/mol. The summed E-state index contributed by atoms with van der Waals surface area (Å²) >= 11 is 0. The zero-order valence-corrected chi connectivity index (χ0v) is 13.3. The minimum absolute atomic E-state index is 0.00760. The zero-order chi connectivity index (χ0) is 16.8. The van der Waals surface area contributed by atoms with Crippen LogP contribution in [0.1, 0.15) is 65.2 Å². The molecule has 0 aliphatic heterocycles. The first-order chi connectivity index (χ1) is 10.5. The first-order valence-electron chi connectivity index (χ1n) is 7.62. The molecular formula is C16H24N2O4. The van der Waals surface area contributed by atoms with Gasteiger partial charge in [0.2, 0.25) is 0 Å². The van der Waals surface area contributed by atoms with E-state index in [9.17, 15) is 9.59 Å². The molecule has 0 aliphatic rings. The number of ether oxygens (including phenoxy) is 2. The number of hydrogen-bond donors (Lipinski definition) is 0. The smallest absolute Gasteiger partial charge is 0.306 e. The topological polar surface area (TPSA) is 100 Å². The summed E-state index contributed by atoms with van der Waals surface area (Å²) in [6.07, 6.45) is 3.03. The maximum Gasteiger partial charge on any atom is 0.306 e. The lowest BCUT2D eigenvalue weighted by Gasteiger charge is -2.14. The predicted octanol–water partition coefficient (Wildman–Crippen LogP) is 3.02. The Balaban J connectivity index is 3.78. The highest BCUT2D eigenvalue weighted by atomic mass is 16.5. The van der Waals surface area contributed by atoms with Crippen molar-refractivity contribution >= 4 is 11.9 Å². The van der Waals surface area contributed by atoms with E-state index in [-0.39, 0.29) is 25.0 Å². The quantitative estimate of drug-likeness (QED) is 0.429. The SMILES string of the molecule is CC(CCCC#N)OC(=O)CCC(=O)OC(C)CCCC#N. The summed E-state index contributed by atoms with van der Waals surface area (Å²) in [7, 11) is 0. The fraction of sp³-hybridized carbons (Fsp3) is 0.750. The maximum atomic E-state index is 11.6. The van der Waals surface area contributed by atoms with Crippen molar-refractivity contribution in [1.82, 2.24) is 0 Å². The highest BCUT2D eigenvalue weighted by Crippen LogP contribution is 2.08. The molecule has 0 rings (SSSR count). The van der Waals surface area contributed by atoms with Crippen LogP contribution in [0.5, 0.6) is 0 Å². The third-order valence-corrected chi connectivity index (χ3v) is 3.00. The average Bonchev–Trinajstić information content (AvgIpc) is 2.45. The number of nitriles is 2. The fourth-order valence-electron chi connectivity index (χ4n) is 1.83. The third-order valence-electron chi connectivity index (χ3n) is 3.00. The fourth-order valence-corrected chi connectivity index (χ4v) is 1.83. The third kappa shape index (κ3) is 11.7. The number of nitrogens with zero attached hydrogens (tertiary/aromatic N) is 2. The number of esters is 2. The van der Waals surface area contributed by atoms with E-state index in [4.69, 9.17) is 20.0 Å². The van der Waals surface area contributed by atoms with Gasteiger partial charge in [-0.1, -0.05) is 0 Å². The van der Waals surface area contributed by atoms with Crippen LogP contribution in [0, 0.1) is 22.7 Å².